The van der Waals surface area contributed by atoms with Crippen molar-refractivity contribution >= 4 is 5.69 Å². The van der Waals surface area contributed by atoms with Crippen LogP contribution in [-0.2, 0) is 4.84 Å². The van der Waals surface area contributed by atoms with Crippen LogP contribution in [-0.4, -0.2) is 17.7 Å². The van der Waals surface area contributed by atoms with Gasteiger partial charge >= 0.3 is 0 Å². The number of nitrogens with zero attached hydrogens (tertiary/aromatic N) is 2. The molecule has 1 fully saturated rings. The van der Waals surface area contributed by atoms with Gasteiger partial charge in [0, 0.05) is 5.69 Å². The molecular formula is C22H28N2O2. The summed E-state index contributed by atoms with van der Waals surface area (Å²) in [5.74, 6) is 1.72. The van der Waals surface area contributed by atoms with Crippen LogP contribution in [0.2, 0.25) is 0 Å². The lowest BCUT2D eigenvalue weighted by atomic mass is 10.0. The quantitative estimate of drug-likeness (QED) is 0.728. The minimum Gasteiger partial charge on any atom is -0.497 e. The van der Waals surface area contributed by atoms with E-state index in [0.29, 0.717) is 0 Å². The molecule has 4 nitrogen and oxygen atoms in total. The number of allylic oxidation sites excluding steroid dienone is 1. The van der Waals surface area contributed by atoms with E-state index in [1.54, 1.807) is 7.11 Å². The maximum absolute atomic E-state index is 6.39. The van der Waals surface area contributed by atoms with Gasteiger partial charge in [0.25, 0.3) is 0 Å². The first-order valence-corrected chi connectivity index (χ1v) is 8.96. The molecule has 1 aliphatic heterocycles. The molecule has 0 aromatic heterocycles. The minimum atomic E-state index is -0.164. The summed E-state index contributed by atoms with van der Waals surface area (Å²) in [6.07, 6.45) is -0.0468. The first-order chi connectivity index (χ1) is 12.3. The first-order valence-electron chi connectivity index (χ1n) is 8.96. The Hall–Kier alpha value is -2.46. The highest BCUT2D eigenvalue weighted by Crippen LogP contribution is 2.45. The standard InChI is InChI=1S/C22H28N2O2/c1-16(2)21-23(18-12-14-19(25-6)15-13-18)20(17-10-8-7-9-11-17)24(26-21)22(3,4)5/h7-15,20H,1-6H3. The lowest BCUT2D eigenvalue weighted by Crippen LogP contribution is -2.42. The van der Waals surface area contributed by atoms with Crippen LogP contribution < -0.4 is 9.64 Å². The lowest BCUT2D eigenvalue weighted by molar-refractivity contribution is -0.169. The van der Waals surface area contributed by atoms with Crippen LogP contribution in [0.1, 0.15) is 46.3 Å². The van der Waals surface area contributed by atoms with E-state index in [4.69, 9.17) is 9.57 Å². The molecular weight excluding hydrogens is 324 g/mol. The Morgan fingerprint density at radius 1 is 0.962 bits per heavy atom. The Balaban J connectivity index is 2.16. The summed E-state index contributed by atoms with van der Waals surface area (Å²) < 4.78 is 5.32. The lowest BCUT2D eigenvalue weighted by Gasteiger charge is -2.35. The fraction of sp³-hybridized carbons (Fsp3) is 0.364. The van der Waals surface area contributed by atoms with Crippen LogP contribution in [0.3, 0.4) is 0 Å². The Morgan fingerprint density at radius 3 is 2.08 bits per heavy atom. The molecule has 0 saturated carbocycles. The second kappa shape index (κ2) is 7.04. The van der Waals surface area contributed by atoms with Gasteiger partial charge in [-0.25, -0.2) is 0 Å². The topological polar surface area (TPSA) is 24.9 Å². The van der Waals surface area contributed by atoms with E-state index >= 15 is 0 Å². The van der Waals surface area contributed by atoms with Crippen LogP contribution in [0.4, 0.5) is 5.69 Å². The van der Waals surface area contributed by atoms with Gasteiger partial charge < -0.3 is 9.57 Å². The minimum absolute atomic E-state index is 0.0468. The van der Waals surface area contributed by atoms with Crippen LogP contribution in [0.5, 0.6) is 5.75 Å². The molecule has 1 saturated heterocycles. The van der Waals surface area contributed by atoms with Gasteiger partial charge in [-0.1, -0.05) is 30.3 Å². The second-order valence-electron chi connectivity index (χ2n) is 7.75. The van der Waals surface area contributed by atoms with Crippen molar-refractivity contribution in [3.05, 3.63) is 71.6 Å². The maximum Gasteiger partial charge on any atom is 0.219 e. The summed E-state index contributed by atoms with van der Waals surface area (Å²) in [5.41, 5.74) is 3.23. The summed E-state index contributed by atoms with van der Waals surface area (Å²) in [5, 5.41) is 2.08. The summed E-state index contributed by atoms with van der Waals surface area (Å²) in [7, 11) is 1.68. The first kappa shape index (κ1) is 18.3. The second-order valence-corrected chi connectivity index (χ2v) is 7.75. The van der Waals surface area contributed by atoms with Gasteiger partial charge in [-0.3, -0.25) is 4.90 Å². The zero-order valence-corrected chi connectivity index (χ0v) is 16.5. The van der Waals surface area contributed by atoms with Crippen molar-refractivity contribution in [3.63, 3.8) is 0 Å². The molecule has 4 heteroatoms. The third-order valence-corrected chi connectivity index (χ3v) is 4.41. The van der Waals surface area contributed by atoms with Crippen LogP contribution in [0.25, 0.3) is 0 Å². The Kier molecular flexibility index (Phi) is 4.97. The van der Waals surface area contributed by atoms with Crippen molar-refractivity contribution in [1.82, 2.24) is 5.06 Å². The molecule has 0 radical (unpaired) electrons. The molecule has 3 rings (SSSR count). The average molecular weight is 352 g/mol. The fourth-order valence-electron chi connectivity index (χ4n) is 3.15. The molecule has 26 heavy (non-hydrogen) atoms. The number of anilines is 1. The zero-order chi connectivity index (χ0) is 18.9. The van der Waals surface area contributed by atoms with E-state index in [1.807, 2.05) is 18.2 Å². The summed E-state index contributed by atoms with van der Waals surface area (Å²) in [6.45, 7) is 10.7. The largest absolute Gasteiger partial charge is 0.497 e. The van der Waals surface area contributed by atoms with E-state index in [1.165, 1.54) is 5.56 Å². The van der Waals surface area contributed by atoms with E-state index in [2.05, 4.69) is 81.0 Å². The smallest absolute Gasteiger partial charge is 0.219 e. The van der Waals surface area contributed by atoms with Gasteiger partial charge in [0.1, 0.15) is 11.9 Å². The number of hydrogen-bond donors (Lipinski definition) is 0. The summed E-state index contributed by atoms with van der Waals surface area (Å²) >= 11 is 0. The van der Waals surface area contributed by atoms with E-state index in [0.717, 1.165) is 22.9 Å². The normalized spacial score (nSPS) is 18.0. The molecule has 2 aromatic carbocycles. The molecule has 1 aliphatic rings. The van der Waals surface area contributed by atoms with Crippen molar-refractivity contribution in [1.29, 1.82) is 0 Å². The Morgan fingerprint density at radius 2 is 1.58 bits per heavy atom. The number of ether oxygens (including phenoxy) is 1. The van der Waals surface area contributed by atoms with Crippen LogP contribution >= 0.6 is 0 Å². The number of hydrogen-bond acceptors (Lipinski definition) is 4. The van der Waals surface area contributed by atoms with Gasteiger partial charge in [0.15, 0.2) is 0 Å². The predicted octanol–water partition coefficient (Wildman–Crippen LogP) is 5.50. The highest BCUT2D eigenvalue weighted by Gasteiger charge is 2.45. The molecule has 0 aliphatic carbocycles. The molecule has 138 valence electrons. The molecule has 0 N–H and O–H groups in total. The number of methoxy groups -OCH3 is 1. The summed E-state index contributed by atoms with van der Waals surface area (Å²) in [6, 6.07) is 18.6. The molecule has 0 bridgehead atoms. The molecule has 0 amide bonds. The monoisotopic (exact) mass is 352 g/mol. The van der Waals surface area contributed by atoms with Gasteiger partial charge in [-0.2, -0.15) is 0 Å². The third-order valence-electron chi connectivity index (χ3n) is 4.41. The van der Waals surface area contributed by atoms with Gasteiger partial charge in [-0.15, -0.1) is 5.06 Å². The highest BCUT2D eigenvalue weighted by molar-refractivity contribution is 5.56. The Bertz CT molecular complexity index is 772. The fourth-order valence-corrected chi connectivity index (χ4v) is 3.15. The zero-order valence-electron chi connectivity index (χ0n) is 16.5. The predicted molar refractivity (Wildman–Crippen MR) is 106 cm³/mol. The van der Waals surface area contributed by atoms with Crippen molar-refractivity contribution in [2.45, 2.75) is 46.3 Å². The average Bonchev–Trinajstić information content (AvgIpc) is 3.04. The maximum atomic E-state index is 6.39. The van der Waals surface area contributed by atoms with Gasteiger partial charge in [-0.05, 0) is 70.0 Å². The van der Waals surface area contributed by atoms with Crippen molar-refractivity contribution in [2.24, 2.45) is 0 Å². The Labute approximate surface area is 156 Å². The number of hydroxylamine groups is 2. The third kappa shape index (κ3) is 3.42. The van der Waals surface area contributed by atoms with Crippen LogP contribution in [0, 0.1) is 0 Å². The van der Waals surface area contributed by atoms with E-state index < -0.39 is 0 Å². The van der Waals surface area contributed by atoms with Crippen molar-refractivity contribution in [3.8, 4) is 5.75 Å². The molecule has 2 aromatic rings. The van der Waals surface area contributed by atoms with Crippen molar-refractivity contribution < 1.29 is 9.57 Å². The van der Waals surface area contributed by atoms with Crippen LogP contribution in [0.15, 0.2) is 66.1 Å². The van der Waals surface area contributed by atoms with Gasteiger partial charge in [0.05, 0.1) is 12.6 Å². The molecule has 0 spiro atoms. The molecule has 1 unspecified atom stereocenters. The number of benzene rings is 2. The molecule has 1 atom stereocenters. The summed E-state index contributed by atoms with van der Waals surface area (Å²) in [4.78, 5) is 8.64. The molecule has 1 heterocycles. The van der Waals surface area contributed by atoms with E-state index in [9.17, 15) is 0 Å². The van der Waals surface area contributed by atoms with E-state index in [-0.39, 0.29) is 11.7 Å². The SMILES string of the molecule is COc1ccc(N2C(=C(C)C)ON(C(C)(C)C)C2c2ccccc2)cc1. The van der Waals surface area contributed by atoms with Crippen molar-refractivity contribution in [2.75, 3.05) is 12.0 Å². The van der Waals surface area contributed by atoms with Gasteiger partial charge in [0.2, 0.25) is 5.88 Å². The number of rotatable bonds is 3. The highest BCUT2D eigenvalue weighted by atomic mass is 16.7.